The molecule has 208 valence electrons. The summed E-state index contributed by atoms with van der Waals surface area (Å²) in [5.41, 5.74) is 3.76. The first-order valence-electron chi connectivity index (χ1n) is 12.8. The summed E-state index contributed by atoms with van der Waals surface area (Å²) in [5, 5.41) is 2.76. The molecular weight excluding hydrogens is 514 g/mol. The molecular formula is C30H37N3O5S. The third-order valence-electron chi connectivity index (χ3n) is 6.51. The number of amides is 2. The zero-order chi connectivity index (χ0) is 28.7. The lowest BCUT2D eigenvalue weighted by Crippen LogP contribution is -2.51. The molecule has 0 bridgehead atoms. The average molecular weight is 552 g/mol. The molecule has 3 rings (SSSR count). The van der Waals surface area contributed by atoms with E-state index in [1.165, 1.54) is 17.0 Å². The highest BCUT2D eigenvalue weighted by Gasteiger charge is 2.33. The van der Waals surface area contributed by atoms with Crippen LogP contribution in [0.1, 0.15) is 36.1 Å². The summed E-state index contributed by atoms with van der Waals surface area (Å²) in [7, 11) is -2.56. The van der Waals surface area contributed by atoms with Crippen LogP contribution in [0, 0.1) is 20.8 Å². The van der Waals surface area contributed by atoms with Gasteiger partial charge in [-0.05, 0) is 76.1 Å². The van der Waals surface area contributed by atoms with Crippen LogP contribution in [0.15, 0.2) is 71.6 Å². The van der Waals surface area contributed by atoms with Gasteiger partial charge in [0, 0.05) is 13.1 Å². The second kappa shape index (κ2) is 12.8. The van der Waals surface area contributed by atoms with E-state index in [0.29, 0.717) is 18.0 Å². The van der Waals surface area contributed by atoms with Gasteiger partial charge < -0.3 is 15.0 Å². The first kappa shape index (κ1) is 29.7. The van der Waals surface area contributed by atoms with Crippen molar-refractivity contribution in [1.82, 2.24) is 10.2 Å². The number of carbonyl (C=O) groups is 2. The van der Waals surface area contributed by atoms with Gasteiger partial charge in [-0.15, -0.1) is 0 Å². The largest absolute Gasteiger partial charge is 0.497 e. The highest BCUT2D eigenvalue weighted by molar-refractivity contribution is 7.92. The fraction of sp³-hybridized carbons (Fsp3) is 0.333. The first-order valence-corrected chi connectivity index (χ1v) is 14.3. The minimum atomic E-state index is -4.11. The van der Waals surface area contributed by atoms with E-state index in [1.807, 2.05) is 39.0 Å². The van der Waals surface area contributed by atoms with Crippen molar-refractivity contribution in [2.24, 2.45) is 0 Å². The lowest BCUT2D eigenvalue weighted by Gasteiger charge is -2.32. The van der Waals surface area contributed by atoms with E-state index in [-0.39, 0.29) is 17.3 Å². The molecule has 39 heavy (non-hydrogen) atoms. The van der Waals surface area contributed by atoms with Gasteiger partial charge in [-0.1, -0.05) is 47.5 Å². The summed E-state index contributed by atoms with van der Waals surface area (Å²) >= 11 is 0. The number of likely N-dealkylation sites (N-methyl/N-ethyl adjacent to an activating group) is 1. The van der Waals surface area contributed by atoms with Crippen molar-refractivity contribution in [3.63, 3.8) is 0 Å². The lowest BCUT2D eigenvalue weighted by molar-refractivity contribution is -0.139. The van der Waals surface area contributed by atoms with Crippen molar-refractivity contribution in [2.45, 2.75) is 52.1 Å². The van der Waals surface area contributed by atoms with Gasteiger partial charge in [-0.2, -0.15) is 0 Å². The molecule has 8 nitrogen and oxygen atoms in total. The topological polar surface area (TPSA) is 96.0 Å². The van der Waals surface area contributed by atoms with E-state index >= 15 is 0 Å². The molecule has 0 saturated carbocycles. The minimum Gasteiger partial charge on any atom is -0.497 e. The summed E-state index contributed by atoms with van der Waals surface area (Å²) in [5.74, 6) is -0.218. The number of hydrogen-bond acceptors (Lipinski definition) is 5. The molecule has 1 N–H and O–H groups in total. The van der Waals surface area contributed by atoms with Gasteiger partial charge in [0.25, 0.3) is 10.0 Å². The monoisotopic (exact) mass is 551 g/mol. The quantitative estimate of drug-likeness (QED) is 0.382. The second-order valence-electron chi connectivity index (χ2n) is 9.56. The van der Waals surface area contributed by atoms with Crippen molar-refractivity contribution in [3.8, 4) is 5.75 Å². The normalized spacial score (nSPS) is 11.9. The van der Waals surface area contributed by atoms with Crippen molar-refractivity contribution >= 4 is 27.5 Å². The summed E-state index contributed by atoms with van der Waals surface area (Å²) in [4.78, 5) is 28.3. The Labute approximate surface area is 231 Å². The maximum atomic E-state index is 14.0. The van der Waals surface area contributed by atoms with Gasteiger partial charge in [-0.25, -0.2) is 8.42 Å². The maximum Gasteiger partial charge on any atom is 0.264 e. The number of nitrogens with one attached hydrogen (secondary N) is 1. The van der Waals surface area contributed by atoms with E-state index < -0.39 is 28.5 Å². The Bertz CT molecular complexity index is 1420. The van der Waals surface area contributed by atoms with Crippen LogP contribution in [0.5, 0.6) is 5.75 Å². The molecule has 0 spiro atoms. The molecule has 3 aromatic carbocycles. The Kier molecular flexibility index (Phi) is 9.75. The van der Waals surface area contributed by atoms with Gasteiger partial charge in [0.15, 0.2) is 0 Å². The number of anilines is 1. The van der Waals surface area contributed by atoms with E-state index in [2.05, 4.69) is 5.32 Å². The standard InChI is InChI=1S/C30H37N3O5S/c1-7-31-30(35)24(5)32(19-25-9-8-10-26(18-25)38-6)29(34)20-33(28-16-13-22(3)17-23(28)4)39(36,37)27-14-11-21(2)12-15-27/h8-18,24H,7,19-20H2,1-6H3,(H,31,35). The van der Waals surface area contributed by atoms with Crippen LogP contribution < -0.4 is 14.4 Å². The summed E-state index contributed by atoms with van der Waals surface area (Å²) in [6.07, 6.45) is 0. The maximum absolute atomic E-state index is 14.0. The van der Waals surface area contributed by atoms with Crippen LogP contribution in [-0.2, 0) is 26.2 Å². The Morgan fingerprint density at radius 1 is 0.949 bits per heavy atom. The molecule has 0 aliphatic rings. The fourth-order valence-corrected chi connectivity index (χ4v) is 5.79. The molecule has 3 aromatic rings. The number of benzene rings is 3. The molecule has 0 heterocycles. The van der Waals surface area contributed by atoms with E-state index in [4.69, 9.17) is 4.74 Å². The Hall–Kier alpha value is -3.85. The number of carbonyl (C=O) groups excluding carboxylic acids is 2. The fourth-order valence-electron chi connectivity index (χ4n) is 4.31. The zero-order valence-electron chi connectivity index (χ0n) is 23.4. The second-order valence-corrected chi connectivity index (χ2v) is 11.4. The highest BCUT2D eigenvalue weighted by atomic mass is 32.2. The number of aryl methyl sites for hydroxylation is 3. The molecule has 0 fully saturated rings. The molecule has 1 atom stereocenters. The lowest BCUT2D eigenvalue weighted by atomic mass is 10.1. The third-order valence-corrected chi connectivity index (χ3v) is 8.29. The number of methoxy groups -OCH3 is 1. The highest BCUT2D eigenvalue weighted by Crippen LogP contribution is 2.28. The molecule has 0 saturated heterocycles. The third kappa shape index (κ3) is 7.17. The number of nitrogens with zero attached hydrogens (tertiary/aromatic N) is 2. The average Bonchev–Trinajstić information content (AvgIpc) is 2.90. The van der Waals surface area contributed by atoms with Crippen molar-refractivity contribution in [2.75, 3.05) is 24.5 Å². The van der Waals surface area contributed by atoms with Crippen LogP contribution in [0.3, 0.4) is 0 Å². The SMILES string of the molecule is CCNC(=O)C(C)N(Cc1cccc(OC)c1)C(=O)CN(c1ccc(C)cc1C)S(=O)(=O)c1ccc(C)cc1. The van der Waals surface area contributed by atoms with Crippen molar-refractivity contribution in [3.05, 3.63) is 89.0 Å². The number of hydrogen-bond donors (Lipinski definition) is 1. The Morgan fingerprint density at radius 3 is 2.23 bits per heavy atom. The van der Waals surface area contributed by atoms with E-state index in [9.17, 15) is 18.0 Å². The minimum absolute atomic E-state index is 0.0806. The molecule has 1 unspecified atom stereocenters. The summed E-state index contributed by atoms with van der Waals surface area (Å²) < 4.78 is 34.4. The molecule has 2 amide bonds. The summed E-state index contributed by atoms with van der Waals surface area (Å²) in [6, 6.07) is 18.3. The summed E-state index contributed by atoms with van der Waals surface area (Å²) in [6.45, 7) is 9.07. The van der Waals surface area contributed by atoms with E-state index in [1.54, 1.807) is 57.4 Å². The van der Waals surface area contributed by atoms with Gasteiger partial charge in [0.05, 0.1) is 17.7 Å². The van der Waals surface area contributed by atoms with Crippen LogP contribution >= 0.6 is 0 Å². The van der Waals surface area contributed by atoms with Gasteiger partial charge in [0.2, 0.25) is 11.8 Å². The van der Waals surface area contributed by atoms with Crippen molar-refractivity contribution in [1.29, 1.82) is 0 Å². The smallest absolute Gasteiger partial charge is 0.264 e. The Morgan fingerprint density at radius 2 is 1.62 bits per heavy atom. The molecule has 0 aromatic heterocycles. The van der Waals surface area contributed by atoms with Gasteiger partial charge in [-0.3, -0.25) is 13.9 Å². The van der Waals surface area contributed by atoms with Gasteiger partial charge >= 0.3 is 0 Å². The predicted octanol–water partition coefficient (Wildman–Crippen LogP) is 4.37. The van der Waals surface area contributed by atoms with Crippen LogP contribution in [0.25, 0.3) is 0 Å². The van der Waals surface area contributed by atoms with Crippen molar-refractivity contribution < 1.29 is 22.7 Å². The van der Waals surface area contributed by atoms with E-state index in [0.717, 1.165) is 26.6 Å². The van der Waals surface area contributed by atoms with Gasteiger partial charge in [0.1, 0.15) is 18.3 Å². The molecule has 0 aliphatic carbocycles. The zero-order valence-corrected chi connectivity index (χ0v) is 24.2. The molecule has 9 heteroatoms. The molecule has 0 radical (unpaired) electrons. The first-order chi connectivity index (χ1) is 18.5. The van der Waals surface area contributed by atoms with Crippen LogP contribution in [-0.4, -0.2) is 51.4 Å². The van der Waals surface area contributed by atoms with Crippen LogP contribution in [0.4, 0.5) is 5.69 Å². The number of sulfonamides is 1. The number of ether oxygens (including phenoxy) is 1. The molecule has 0 aliphatic heterocycles. The number of rotatable bonds is 11. The predicted molar refractivity (Wildman–Crippen MR) is 153 cm³/mol. The Balaban J connectivity index is 2.07. The van der Waals surface area contributed by atoms with Crippen LogP contribution in [0.2, 0.25) is 0 Å².